The lowest BCUT2D eigenvalue weighted by Crippen LogP contribution is -2.24. The van der Waals surface area contributed by atoms with E-state index < -0.39 is 0 Å². The maximum atomic E-state index is 6.26. The van der Waals surface area contributed by atoms with Crippen molar-refractivity contribution >= 4 is 95.6 Å². The van der Waals surface area contributed by atoms with Crippen LogP contribution >= 0.6 is 95.6 Å². The van der Waals surface area contributed by atoms with Crippen LogP contribution in [0.15, 0.2) is 42.2 Å². The summed E-state index contributed by atoms with van der Waals surface area (Å²) in [6.07, 6.45) is 27.2. The largest absolute Gasteiger partial charge is 0.488 e. The van der Waals surface area contributed by atoms with Gasteiger partial charge in [-0.15, -0.1) is 0 Å². The Morgan fingerprint density at radius 2 is 0.717 bits per heavy atom. The van der Waals surface area contributed by atoms with E-state index in [-0.39, 0.29) is 12.2 Å². The number of hydrogen-bond acceptors (Lipinski definition) is 4. The summed E-state index contributed by atoms with van der Waals surface area (Å²) < 4.78 is 28.5. The number of rotatable bonds is 34. The summed E-state index contributed by atoms with van der Waals surface area (Å²) in [6.45, 7) is 7.07. The van der Waals surface area contributed by atoms with Gasteiger partial charge in [0.1, 0.15) is 36.9 Å². The van der Waals surface area contributed by atoms with Crippen LogP contribution in [0.5, 0.6) is 11.5 Å². The van der Waals surface area contributed by atoms with Crippen molar-refractivity contribution in [3.63, 3.8) is 0 Å². The third kappa shape index (κ3) is 23.1. The SMILES string of the molecule is CCCCCCCCCCCCOC(CBr)COc1c(Br)cc(Cc2cc(Br)c(OCC(CBr)OCCCCCCCCCCCC)c(Br)c2)cc1Br. The molecular formula is C43H66Br6O4. The fourth-order valence-electron chi connectivity index (χ4n) is 6.25. The molecule has 0 heterocycles. The summed E-state index contributed by atoms with van der Waals surface area (Å²) in [7, 11) is 0. The van der Waals surface area contributed by atoms with Gasteiger partial charge in [-0.25, -0.2) is 0 Å². The first-order chi connectivity index (χ1) is 25.8. The van der Waals surface area contributed by atoms with E-state index in [0.717, 1.165) is 83.7 Å². The Bertz CT molecular complexity index is 1080. The van der Waals surface area contributed by atoms with E-state index in [1.54, 1.807) is 0 Å². The van der Waals surface area contributed by atoms with Gasteiger partial charge in [0.2, 0.25) is 0 Å². The highest BCUT2D eigenvalue weighted by Gasteiger charge is 2.17. The molecule has 0 aromatic heterocycles. The van der Waals surface area contributed by atoms with Crippen LogP contribution in [0, 0.1) is 0 Å². The number of unbranched alkanes of at least 4 members (excludes halogenated alkanes) is 18. The molecule has 0 spiro atoms. The Labute approximate surface area is 373 Å². The second-order valence-corrected chi connectivity index (χ2v) is 18.9. The number of hydrogen-bond donors (Lipinski definition) is 0. The van der Waals surface area contributed by atoms with E-state index in [0.29, 0.717) is 13.2 Å². The number of alkyl halides is 2. The van der Waals surface area contributed by atoms with Gasteiger partial charge in [-0.05, 0) is 118 Å². The van der Waals surface area contributed by atoms with Gasteiger partial charge < -0.3 is 18.9 Å². The van der Waals surface area contributed by atoms with Crippen molar-refractivity contribution in [2.45, 2.75) is 161 Å². The van der Waals surface area contributed by atoms with Gasteiger partial charge in [0.15, 0.2) is 0 Å². The summed E-state index contributed by atoms with van der Waals surface area (Å²) in [4.78, 5) is 0. The predicted molar refractivity (Wildman–Crippen MR) is 248 cm³/mol. The minimum Gasteiger partial charge on any atom is -0.488 e. The lowest BCUT2D eigenvalue weighted by Gasteiger charge is -2.19. The Morgan fingerprint density at radius 3 is 1.00 bits per heavy atom. The Hall–Kier alpha value is 0.840. The van der Waals surface area contributed by atoms with Gasteiger partial charge in [0.05, 0.1) is 17.9 Å². The molecule has 0 amide bonds. The van der Waals surface area contributed by atoms with E-state index in [9.17, 15) is 0 Å². The molecule has 0 fully saturated rings. The molecule has 4 nitrogen and oxygen atoms in total. The Kier molecular flexibility index (Phi) is 30.9. The third-order valence-corrected chi connectivity index (χ3v) is 13.2. The molecule has 0 saturated carbocycles. The van der Waals surface area contributed by atoms with Crippen molar-refractivity contribution in [1.29, 1.82) is 0 Å². The van der Waals surface area contributed by atoms with E-state index >= 15 is 0 Å². The maximum Gasteiger partial charge on any atom is 0.147 e. The standard InChI is InChI=1S/C43H66Br6O4/c1-3-5-7-9-11-13-15-17-19-21-23-50-36(30-44)32-52-42-38(46)26-34(27-39(42)47)25-35-28-40(48)43(41(49)29-35)53-33-37(31-45)51-24-22-20-18-16-14-12-10-8-6-4-2/h26-29,36-37H,3-25,30-33H2,1-2H3. The molecule has 2 atom stereocenters. The molecule has 2 unspecified atom stereocenters. The molecule has 2 aromatic rings. The number of benzene rings is 2. The predicted octanol–water partition coefficient (Wildman–Crippen LogP) is 16.5. The summed E-state index contributed by atoms with van der Waals surface area (Å²) in [5.74, 6) is 1.59. The lowest BCUT2D eigenvalue weighted by molar-refractivity contribution is 0.0335. The van der Waals surface area contributed by atoms with Crippen LogP contribution in [-0.2, 0) is 15.9 Å². The molecule has 0 aliphatic rings. The quantitative estimate of drug-likeness (QED) is 0.0517. The summed E-state index contributed by atoms with van der Waals surface area (Å²) in [5.41, 5.74) is 2.33. The summed E-state index contributed by atoms with van der Waals surface area (Å²) >= 11 is 22.3. The molecule has 0 saturated heterocycles. The van der Waals surface area contributed by atoms with Gasteiger partial charge in [0.25, 0.3) is 0 Å². The Balaban J connectivity index is 1.74. The summed E-state index contributed by atoms with van der Waals surface area (Å²) in [6, 6.07) is 8.53. The van der Waals surface area contributed by atoms with Crippen molar-refractivity contribution < 1.29 is 18.9 Å². The van der Waals surface area contributed by atoms with Gasteiger partial charge in [0, 0.05) is 23.9 Å². The fourth-order valence-corrected chi connectivity index (χ4v) is 10.0. The molecule has 0 radical (unpaired) electrons. The highest BCUT2D eigenvalue weighted by atomic mass is 79.9. The van der Waals surface area contributed by atoms with E-state index in [4.69, 9.17) is 18.9 Å². The average molecular weight is 1130 g/mol. The van der Waals surface area contributed by atoms with Crippen molar-refractivity contribution in [1.82, 2.24) is 0 Å². The van der Waals surface area contributed by atoms with Crippen LogP contribution in [-0.4, -0.2) is 49.3 Å². The molecule has 10 heteroatoms. The van der Waals surface area contributed by atoms with Gasteiger partial charge in [-0.2, -0.15) is 0 Å². The third-order valence-electron chi connectivity index (χ3n) is 9.40. The average Bonchev–Trinajstić information content (AvgIpc) is 3.13. The first-order valence-electron chi connectivity index (χ1n) is 20.4. The van der Waals surface area contributed by atoms with Crippen molar-refractivity contribution in [2.75, 3.05) is 37.1 Å². The maximum absolute atomic E-state index is 6.26. The first kappa shape index (κ1) is 50.0. The van der Waals surface area contributed by atoms with Crippen molar-refractivity contribution in [2.24, 2.45) is 0 Å². The molecule has 2 rings (SSSR count). The molecule has 0 aliphatic carbocycles. The topological polar surface area (TPSA) is 36.9 Å². The molecule has 2 aromatic carbocycles. The molecule has 0 bridgehead atoms. The monoisotopic (exact) mass is 1120 g/mol. The molecule has 53 heavy (non-hydrogen) atoms. The van der Waals surface area contributed by atoms with Crippen molar-refractivity contribution in [3.8, 4) is 11.5 Å². The van der Waals surface area contributed by atoms with Gasteiger partial charge in [-0.3, -0.25) is 0 Å². The van der Waals surface area contributed by atoms with Gasteiger partial charge in [-0.1, -0.05) is 161 Å². The minimum atomic E-state index is 0.00313. The Morgan fingerprint density at radius 1 is 0.434 bits per heavy atom. The van der Waals surface area contributed by atoms with Gasteiger partial charge >= 0.3 is 0 Å². The fraction of sp³-hybridized carbons (Fsp3) is 0.721. The van der Waals surface area contributed by atoms with E-state index in [1.807, 2.05) is 0 Å². The second-order valence-electron chi connectivity index (χ2n) is 14.2. The molecular weight excluding hydrogens is 1060 g/mol. The first-order valence-corrected chi connectivity index (χ1v) is 25.8. The molecule has 0 aliphatic heterocycles. The van der Waals surface area contributed by atoms with Crippen LogP contribution in [0.4, 0.5) is 0 Å². The highest BCUT2D eigenvalue weighted by Crippen LogP contribution is 2.38. The van der Waals surface area contributed by atoms with Crippen molar-refractivity contribution in [3.05, 3.63) is 53.3 Å². The van der Waals surface area contributed by atoms with Crippen LogP contribution in [0.1, 0.15) is 153 Å². The number of ether oxygens (including phenoxy) is 4. The van der Waals surface area contributed by atoms with Crippen LogP contribution < -0.4 is 9.47 Å². The zero-order chi connectivity index (χ0) is 38.5. The second kappa shape index (κ2) is 32.8. The van der Waals surface area contributed by atoms with E-state index in [2.05, 4.69) is 134 Å². The highest BCUT2D eigenvalue weighted by molar-refractivity contribution is 9.11. The summed E-state index contributed by atoms with van der Waals surface area (Å²) in [5, 5.41) is 1.48. The smallest absolute Gasteiger partial charge is 0.147 e. The zero-order valence-electron chi connectivity index (χ0n) is 32.5. The lowest BCUT2D eigenvalue weighted by atomic mass is 10.0. The van der Waals surface area contributed by atoms with E-state index in [1.165, 1.54) is 116 Å². The molecule has 0 N–H and O–H groups in total. The van der Waals surface area contributed by atoms with Crippen LogP contribution in [0.2, 0.25) is 0 Å². The van der Waals surface area contributed by atoms with Crippen LogP contribution in [0.25, 0.3) is 0 Å². The number of halogens is 6. The zero-order valence-corrected chi connectivity index (χ0v) is 42.0. The normalized spacial score (nSPS) is 12.7. The minimum absolute atomic E-state index is 0.00313. The van der Waals surface area contributed by atoms with Crippen LogP contribution in [0.3, 0.4) is 0 Å². The molecule has 304 valence electrons.